The molecule has 2 aliphatic heterocycles. The van der Waals surface area contributed by atoms with Crippen molar-refractivity contribution in [1.82, 2.24) is 20.6 Å². The third-order valence-electron chi connectivity index (χ3n) is 9.78. The van der Waals surface area contributed by atoms with Gasteiger partial charge in [0.25, 0.3) is 0 Å². The maximum atomic E-state index is 13.3. The second kappa shape index (κ2) is 11.8. The van der Waals surface area contributed by atoms with Crippen LogP contribution in [0.25, 0.3) is 5.57 Å². The summed E-state index contributed by atoms with van der Waals surface area (Å²) in [6.45, 7) is 10.7. The maximum absolute atomic E-state index is 13.3. The Kier molecular flexibility index (Phi) is 8.41. The summed E-state index contributed by atoms with van der Waals surface area (Å²) in [6.07, 6.45) is 2.57. The average molecular weight is 621 g/mol. The third kappa shape index (κ3) is 5.31. The number of fused-ring (bicyclic) bond motifs is 1. The Balaban J connectivity index is 1.53. The Bertz CT molecular complexity index is 1690. The molecule has 45 heavy (non-hydrogen) atoms. The Morgan fingerprint density at radius 3 is 2.40 bits per heavy atom. The number of hydrogen-bond donors (Lipinski definition) is 8. The summed E-state index contributed by atoms with van der Waals surface area (Å²) < 4.78 is 0. The molecule has 1 saturated heterocycles. The van der Waals surface area contributed by atoms with Crippen molar-refractivity contribution in [2.45, 2.75) is 84.6 Å². The fraction of sp³-hybridized carbons (Fsp3) is 0.455. The number of nitrogens with one attached hydrogen (secondary N) is 4. The zero-order valence-electron chi connectivity index (χ0n) is 25.9. The van der Waals surface area contributed by atoms with Crippen molar-refractivity contribution in [2.24, 2.45) is 11.8 Å². The highest BCUT2D eigenvalue weighted by Crippen LogP contribution is 2.44. The number of allylic oxidation sites excluding steroid dienone is 2. The van der Waals surface area contributed by atoms with Gasteiger partial charge in [-0.3, -0.25) is 14.4 Å². The zero-order chi connectivity index (χ0) is 33.0. The van der Waals surface area contributed by atoms with Gasteiger partial charge < -0.3 is 41.0 Å². The van der Waals surface area contributed by atoms with Crippen molar-refractivity contribution in [3.05, 3.63) is 74.5 Å². The molecule has 0 radical (unpaired) electrons. The molecule has 0 aromatic carbocycles. The van der Waals surface area contributed by atoms with E-state index >= 15 is 0 Å². The Hall–Kier alpha value is -4.42. The smallest absolute Gasteiger partial charge is 0.326 e. The standard InChI is InChI=1S/C33H40N4O8/c1-6-17-20(13-38)24(12-33(45)21(7-2)15(4)31(42)37-33)34-23(17)11-22-16(5)27-25(39)10-19(30(27)35-22)29-18(8-9-26(40)41)14(3)28(36-29)32(43)44/h7,14,18,28,34-36,38,45H,2,6,8-13H2,1,3-5H3,(H,37,42)(H,40,41)(H,43,44)/b29-19-/t14-,18?,28-,33?/m0/s1. The molecule has 2 aromatic heterocycles. The van der Waals surface area contributed by atoms with Crippen molar-refractivity contribution < 1.29 is 39.6 Å². The number of carbonyl (C=O) groups excluding carboxylic acids is 2. The second-order valence-electron chi connectivity index (χ2n) is 12.3. The maximum Gasteiger partial charge on any atom is 0.326 e. The minimum atomic E-state index is -1.69. The van der Waals surface area contributed by atoms with Gasteiger partial charge in [-0.15, -0.1) is 0 Å². The number of H-pyrrole nitrogens is 2. The van der Waals surface area contributed by atoms with E-state index in [4.69, 9.17) is 0 Å². The summed E-state index contributed by atoms with van der Waals surface area (Å²) >= 11 is 0. The fourth-order valence-corrected chi connectivity index (χ4v) is 7.44. The molecule has 2 unspecified atom stereocenters. The van der Waals surface area contributed by atoms with Gasteiger partial charge in [0, 0.05) is 82.2 Å². The number of carbonyl (C=O) groups is 4. The summed E-state index contributed by atoms with van der Waals surface area (Å²) in [5.74, 6) is -3.24. The van der Waals surface area contributed by atoms with E-state index in [1.54, 1.807) is 13.8 Å². The number of ketones is 1. The molecule has 4 atom stereocenters. The summed E-state index contributed by atoms with van der Waals surface area (Å²) in [5, 5.41) is 46.6. The molecule has 12 nitrogen and oxygen atoms in total. The second-order valence-corrected chi connectivity index (χ2v) is 12.3. The number of aromatic nitrogens is 2. The number of aromatic amines is 2. The Morgan fingerprint density at radius 2 is 1.80 bits per heavy atom. The molecule has 2 aromatic rings. The first-order valence-corrected chi connectivity index (χ1v) is 15.2. The van der Waals surface area contributed by atoms with E-state index in [1.165, 1.54) is 6.08 Å². The van der Waals surface area contributed by atoms with Crippen LogP contribution in [0.15, 0.2) is 29.5 Å². The van der Waals surface area contributed by atoms with Gasteiger partial charge in [-0.05, 0) is 43.7 Å². The van der Waals surface area contributed by atoms with Crippen molar-refractivity contribution >= 4 is 29.2 Å². The van der Waals surface area contributed by atoms with Gasteiger partial charge >= 0.3 is 11.9 Å². The number of hydrogen-bond acceptors (Lipinski definition) is 7. The van der Waals surface area contributed by atoms with Crippen molar-refractivity contribution in [3.63, 3.8) is 0 Å². The molecule has 0 saturated carbocycles. The van der Waals surface area contributed by atoms with Crippen LogP contribution in [0.1, 0.15) is 89.9 Å². The number of aliphatic hydroxyl groups excluding tert-OH is 1. The lowest BCUT2D eigenvalue weighted by Gasteiger charge is -2.25. The molecule has 3 aliphatic rings. The van der Waals surface area contributed by atoms with Crippen LogP contribution in [-0.2, 0) is 40.3 Å². The Morgan fingerprint density at radius 1 is 1.09 bits per heavy atom. The van der Waals surface area contributed by atoms with Crippen LogP contribution >= 0.6 is 0 Å². The quantitative estimate of drug-likeness (QED) is 0.186. The van der Waals surface area contributed by atoms with Crippen molar-refractivity contribution in [1.29, 1.82) is 0 Å². The summed E-state index contributed by atoms with van der Waals surface area (Å²) in [4.78, 5) is 55.9. The topological polar surface area (TPSA) is 205 Å². The lowest BCUT2D eigenvalue weighted by molar-refractivity contribution is -0.140. The normalized spacial score (nSPS) is 26.0. The lowest BCUT2D eigenvalue weighted by Crippen LogP contribution is -2.46. The number of carboxylic acids is 2. The van der Waals surface area contributed by atoms with Gasteiger partial charge in [0.15, 0.2) is 11.5 Å². The number of amides is 1. The highest BCUT2D eigenvalue weighted by Gasteiger charge is 2.45. The number of aliphatic carboxylic acids is 2. The first kappa shape index (κ1) is 32.0. The highest BCUT2D eigenvalue weighted by atomic mass is 16.4. The van der Waals surface area contributed by atoms with Crippen LogP contribution in [0, 0.1) is 18.8 Å². The van der Waals surface area contributed by atoms with Crippen LogP contribution in [-0.4, -0.2) is 65.8 Å². The molecule has 1 amide bonds. The number of Topliss-reactive ketones (excluding diaryl/α,β-unsaturated/α-hetero) is 1. The van der Waals surface area contributed by atoms with Crippen LogP contribution in [0.5, 0.6) is 0 Å². The predicted octanol–water partition coefficient (Wildman–Crippen LogP) is 2.63. The Labute approximate surface area is 260 Å². The van der Waals surface area contributed by atoms with E-state index in [9.17, 15) is 39.6 Å². The summed E-state index contributed by atoms with van der Waals surface area (Å²) in [7, 11) is 0. The molecular formula is C33H40N4O8. The molecule has 1 fully saturated rings. The molecular weight excluding hydrogens is 580 g/mol. The minimum Gasteiger partial charge on any atom is -0.481 e. The van der Waals surface area contributed by atoms with E-state index in [-0.39, 0.29) is 49.9 Å². The van der Waals surface area contributed by atoms with Crippen LogP contribution in [0.2, 0.25) is 0 Å². The van der Waals surface area contributed by atoms with Gasteiger partial charge in [-0.25, -0.2) is 4.79 Å². The van der Waals surface area contributed by atoms with E-state index < -0.39 is 29.6 Å². The molecule has 8 N–H and O–H groups in total. The number of aliphatic hydroxyl groups is 2. The summed E-state index contributed by atoms with van der Waals surface area (Å²) in [5.41, 5.74) is 5.83. The van der Waals surface area contributed by atoms with Gasteiger partial charge in [0.2, 0.25) is 5.91 Å². The van der Waals surface area contributed by atoms with Gasteiger partial charge in [-0.1, -0.05) is 26.5 Å². The van der Waals surface area contributed by atoms with E-state index in [2.05, 4.69) is 27.2 Å². The van der Waals surface area contributed by atoms with E-state index in [0.717, 1.165) is 22.5 Å². The van der Waals surface area contributed by atoms with Gasteiger partial charge in [0.1, 0.15) is 6.04 Å². The van der Waals surface area contributed by atoms with Crippen molar-refractivity contribution in [3.8, 4) is 0 Å². The SMILES string of the molecule is C=CC1=C(C)C(=O)NC1(O)Cc1[nH]c(Cc2[nH]c3c(c2C)C(=O)C/C3=C2/N[C@H](C(=O)O)[C@@H](C)C2CCC(=O)O)c(CC)c1CO. The van der Waals surface area contributed by atoms with Crippen LogP contribution < -0.4 is 10.6 Å². The minimum absolute atomic E-state index is 0.0123. The van der Waals surface area contributed by atoms with Gasteiger partial charge in [-0.2, -0.15) is 0 Å². The van der Waals surface area contributed by atoms with Gasteiger partial charge in [0.05, 0.1) is 12.3 Å². The summed E-state index contributed by atoms with van der Waals surface area (Å²) in [6, 6.07) is -0.901. The number of carboxylic acid groups (broad SMARTS) is 2. The average Bonchev–Trinajstić information content (AvgIpc) is 3.72. The molecule has 4 heterocycles. The highest BCUT2D eigenvalue weighted by molar-refractivity contribution is 6.13. The first-order valence-electron chi connectivity index (χ1n) is 15.2. The monoisotopic (exact) mass is 620 g/mol. The van der Waals surface area contributed by atoms with E-state index in [1.807, 2.05) is 13.8 Å². The number of rotatable bonds is 11. The first-order chi connectivity index (χ1) is 21.3. The third-order valence-corrected chi connectivity index (χ3v) is 9.78. The molecule has 0 spiro atoms. The molecule has 240 valence electrons. The predicted molar refractivity (Wildman–Crippen MR) is 164 cm³/mol. The van der Waals surface area contributed by atoms with Crippen molar-refractivity contribution in [2.75, 3.05) is 0 Å². The molecule has 5 rings (SSSR count). The van der Waals surface area contributed by atoms with Crippen LogP contribution in [0.3, 0.4) is 0 Å². The molecule has 1 aliphatic carbocycles. The molecule has 12 heteroatoms. The zero-order valence-corrected chi connectivity index (χ0v) is 25.9. The largest absolute Gasteiger partial charge is 0.481 e. The van der Waals surface area contributed by atoms with Crippen LogP contribution in [0.4, 0.5) is 0 Å². The van der Waals surface area contributed by atoms with E-state index in [0.29, 0.717) is 57.8 Å². The lowest BCUT2D eigenvalue weighted by atomic mass is 9.85. The fourth-order valence-electron chi connectivity index (χ4n) is 7.44. The molecule has 0 bridgehead atoms.